The lowest BCUT2D eigenvalue weighted by Gasteiger charge is -2.46. The standard InChI is InChI=1S/C38H44ClN3O5S2/c1-46-34-7-3-2-4-19-49(45,23-30(43)11-15-36-40-17-18-48-36)41-37(44)27-9-14-35-33(21-27)42(22-28-8-12-31(28)34)24-38(25-47-35)16-5-6-26-20-29(39)10-13-32(26)38/h3,7,9-10,13-14,17-18,20-21,28,31,34H,2,4-6,8,11-12,15-16,19,22-25H2,1H3/b7-3+/t28-,31+,34-,38-,49+/m0/s1. The lowest BCUT2D eigenvalue weighted by molar-refractivity contribution is -0.116. The van der Waals surface area contributed by atoms with Gasteiger partial charge in [0.05, 0.1) is 38.9 Å². The maximum Gasteiger partial charge on any atom is 0.285 e. The Balaban J connectivity index is 1.25. The molecule has 3 aromatic rings. The number of halogens is 1. The Morgan fingerprint density at radius 1 is 1.20 bits per heavy atom. The Hall–Kier alpha value is -3.05. The molecule has 8 nitrogen and oxygen atoms in total. The predicted octanol–water partition coefficient (Wildman–Crippen LogP) is 7.47. The molecule has 2 bridgehead atoms. The Labute approximate surface area is 298 Å². The number of rotatable bonds is 6. The van der Waals surface area contributed by atoms with E-state index in [4.69, 9.17) is 21.1 Å². The number of ketones is 1. The molecule has 1 aromatic heterocycles. The zero-order chi connectivity index (χ0) is 34.0. The molecule has 11 heteroatoms. The van der Waals surface area contributed by atoms with Crippen LogP contribution in [0.25, 0.3) is 0 Å². The van der Waals surface area contributed by atoms with E-state index in [1.54, 1.807) is 19.4 Å². The first kappa shape index (κ1) is 34.4. The number of carbonyl (C=O) groups is 2. The van der Waals surface area contributed by atoms with Gasteiger partial charge in [0.2, 0.25) is 0 Å². The number of thiazole rings is 1. The fourth-order valence-corrected chi connectivity index (χ4v) is 10.9. The average Bonchev–Trinajstić information content (AvgIpc) is 3.55. The van der Waals surface area contributed by atoms with Crippen LogP contribution in [-0.4, -0.2) is 65.3 Å². The summed E-state index contributed by atoms with van der Waals surface area (Å²) in [4.78, 5) is 33.6. The Kier molecular flexibility index (Phi) is 10.3. The van der Waals surface area contributed by atoms with E-state index in [0.717, 1.165) is 66.7 Å². The fraction of sp³-hybridized carbons (Fsp3) is 0.500. The molecule has 7 rings (SSSR count). The van der Waals surface area contributed by atoms with Crippen LogP contribution >= 0.6 is 22.9 Å². The molecule has 2 aromatic carbocycles. The van der Waals surface area contributed by atoms with Gasteiger partial charge in [0, 0.05) is 66.4 Å². The third-order valence-corrected chi connectivity index (χ3v) is 14.1. The Bertz CT molecular complexity index is 1850. The second-order valence-electron chi connectivity index (χ2n) is 14.0. The van der Waals surface area contributed by atoms with Crippen molar-refractivity contribution in [3.05, 3.63) is 86.8 Å². The van der Waals surface area contributed by atoms with Crippen molar-refractivity contribution in [2.45, 2.75) is 69.3 Å². The smallest absolute Gasteiger partial charge is 0.285 e. The number of methoxy groups -OCH3 is 1. The number of Topliss-reactive ketones (excluding diaryl/α,β-unsaturated/α-hetero) is 1. The summed E-state index contributed by atoms with van der Waals surface area (Å²) in [6.45, 7) is 2.07. The van der Waals surface area contributed by atoms with Crippen LogP contribution in [0.3, 0.4) is 0 Å². The number of aryl methyl sites for hydroxylation is 2. The van der Waals surface area contributed by atoms with Gasteiger partial charge in [0.15, 0.2) is 0 Å². The second kappa shape index (κ2) is 14.7. The van der Waals surface area contributed by atoms with Gasteiger partial charge in [-0.3, -0.25) is 9.59 Å². The molecule has 2 aliphatic heterocycles. The topological polar surface area (TPSA) is 98.2 Å². The molecule has 2 aliphatic carbocycles. The number of hydrogen-bond donors (Lipinski definition) is 0. The van der Waals surface area contributed by atoms with E-state index >= 15 is 0 Å². The van der Waals surface area contributed by atoms with Crippen LogP contribution in [0.1, 0.15) is 71.4 Å². The predicted molar refractivity (Wildman–Crippen MR) is 196 cm³/mol. The molecule has 4 aliphatic rings. The molecule has 0 saturated heterocycles. The van der Waals surface area contributed by atoms with Gasteiger partial charge in [0.25, 0.3) is 5.91 Å². The summed E-state index contributed by atoms with van der Waals surface area (Å²) in [5.74, 6) is 0.713. The maximum absolute atomic E-state index is 14.3. The van der Waals surface area contributed by atoms with E-state index in [1.165, 1.54) is 22.5 Å². The third-order valence-electron chi connectivity index (χ3n) is 10.8. The van der Waals surface area contributed by atoms with Crippen molar-refractivity contribution in [3.63, 3.8) is 0 Å². The van der Waals surface area contributed by atoms with Crippen LogP contribution in [-0.2, 0) is 37.5 Å². The molecule has 0 unspecified atom stereocenters. The minimum atomic E-state index is -3.15. The zero-order valence-electron chi connectivity index (χ0n) is 28.0. The number of allylic oxidation sites excluding steroid dienone is 1. The molecule has 0 radical (unpaired) electrons. The van der Waals surface area contributed by atoms with E-state index in [-0.39, 0.29) is 35.2 Å². The summed E-state index contributed by atoms with van der Waals surface area (Å²) in [7, 11) is -1.37. The molecule has 260 valence electrons. The lowest BCUT2D eigenvalue weighted by Crippen LogP contribution is -2.49. The number of hydrogen-bond acceptors (Lipinski definition) is 8. The summed E-state index contributed by atoms with van der Waals surface area (Å²) in [5, 5.41) is 3.48. The van der Waals surface area contributed by atoms with E-state index < -0.39 is 15.6 Å². The van der Waals surface area contributed by atoms with E-state index in [1.807, 2.05) is 23.6 Å². The molecule has 3 heterocycles. The molecule has 1 spiro atoms. The Morgan fingerprint density at radius 3 is 2.90 bits per heavy atom. The second-order valence-corrected chi connectivity index (χ2v) is 17.9. The SMILES string of the molecule is CO[C@H]1/C=C/CCC[S@@](=O)(CC(=O)CCc2nccs2)=NC(=O)c2ccc3c(c2)N(C[C@@H]2CC[C@H]21)C[C@@]1(CCCc2cc(Cl)ccc21)CO3. The summed E-state index contributed by atoms with van der Waals surface area (Å²) >= 11 is 7.94. The minimum Gasteiger partial charge on any atom is -0.490 e. The maximum atomic E-state index is 14.3. The van der Waals surface area contributed by atoms with Crippen LogP contribution < -0.4 is 9.64 Å². The number of nitrogens with zero attached hydrogens (tertiary/aromatic N) is 3. The van der Waals surface area contributed by atoms with E-state index in [0.29, 0.717) is 43.3 Å². The summed E-state index contributed by atoms with van der Waals surface area (Å²) in [6.07, 6.45) is 13.1. The highest BCUT2D eigenvalue weighted by Crippen LogP contribution is 2.47. The first-order valence-electron chi connectivity index (χ1n) is 17.4. The number of benzene rings is 2. The fourth-order valence-electron chi connectivity index (χ4n) is 8.14. The van der Waals surface area contributed by atoms with Gasteiger partial charge in [-0.25, -0.2) is 9.19 Å². The number of ether oxygens (including phenoxy) is 2. The van der Waals surface area contributed by atoms with Crippen molar-refractivity contribution < 1.29 is 23.3 Å². The van der Waals surface area contributed by atoms with Crippen LogP contribution in [0.4, 0.5) is 5.69 Å². The average molecular weight is 722 g/mol. The zero-order valence-corrected chi connectivity index (χ0v) is 30.4. The first-order chi connectivity index (χ1) is 23.7. The molecule has 1 fully saturated rings. The molecule has 1 saturated carbocycles. The minimum absolute atomic E-state index is 0.0183. The molecule has 49 heavy (non-hydrogen) atoms. The van der Waals surface area contributed by atoms with Gasteiger partial charge >= 0.3 is 0 Å². The van der Waals surface area contributed by atoms with Gasteiger partial charge in [0.1, 0.15) is 11.5 Å². The quantitative estimate of drug-likeness (QED) is 0.244. The molecular weight excluding hydrogens is 678 g/mol. The molecular formula is C38H44ClN3O5S2. The van der Waals surface area contributed by atoms with Crippen LogP contribution in [0, 0.1) is 11.8 Å². The van der Waals surface area contributed by atoms with Crippen molar-refractivity contribution in [3.8, 4) is 5.75 Å². The highest BCUT2D eigenvalue weighted by atomic mass is 35.5. The number of carbonyl (C=O) groups excluding carboxylic acids is 2. The van der Waals surface area contributed by atoms with Crippen LogP contribution in [0.15, 0.2) is 64.5 Å². The molecule has 1 amide bonds. The number of amides is 1. The third kappa shape index (κ3) is 7.53. The number of aromatic nitrogens is 1. The van der Waals surface area contributed by atoms with E-state index in [2.05, 4.69) is 38.5 Å². The monoisotopic (exact) mass is 721 g/mol. The van der Waals surface area contributed by atoms with Crippen LogP contribution in [0.2, 0.25) is 5.02 Å². The van der Waals surface area contributed by atoms with E-state index in [9.17, 15) is 13.8 Å². The van der Waals surface area contributed by atoms with Gasteiger partial charge in [-0.05, 0) is 98.2 Å². The normalized spacial score (nSPS) is 29.1. The summed E-state index contributed by atoms with van der Waals surface area (Å²) < 4.78 is 31.3. The largest absolute Gasteiger partial charge is 0.490 e. The summed E-state index contributed by atoms with van der Waals surface area (Å²) in [6, 6.07) is 11.7. The Morgan fingerprint density at radius 2 is 2.10 bits per heavy atom. The molecule has 0 N–H and O–H groups in total. The van der Waals surface area contributed by atoms with Gasteiger partial charge in [-0.2, -0.15) is 4.36 Å². The number of anilines is 1. The van der Waals surface area contributed by atoms with Gasteiger partial charge in [-0.15, -0.1) is 11.3 Å². The van der Waals surface area contributed by atoms with Crippen molar-refractivity contribution in [1.29, 1.82) is 0 Å². The lowest BCUT2D eigenvalue weighted by atomic mass is 9.68. The first-order valence-corrected chi connectivity index (χ1v) is 20.5. The molecule has 5 atom stereocenters. The highest BCUT2D eigenvalue weighted by molar-refractivity contribution is 7.94. The number of fused-ring (bicyclic) bond motifs is 4. The van der Waals surface area contributed by atoms with Crippen LogP contribution in [0.5, 0.6) is 5.75 Å². The van der Waals surface area contributed by atoms with Gasteiger partial charge < -0.3 is 14.4 Å². The summed E-state index contributed by atoms with van der Waals surface area (Å²) in [5.41, 5.74) is 3.54. The van der Waals surface area contributed by atoms with Crippen molar-refractivity contribution in [2.24, 2.45) is 16.2 Å². The highest BCUT2D eigenvalue weighted by Gasteiger charge is 2.44. The van der Waals surface area contributed by atoms with Gasteiger partial charge in [-0.1, -0.05) is 29.8 Å². The van der Waals surface area contributed by atoms with Crippen molar-refractivity contribution in [2.75, 3.05) is 43.2 Å². The van der Waals surface area contributed by atoms with Crippen molar-refractivity contribution >= 4 is 50.0 Å². The van der Waals surface area contributed by atoms with Crippen molar-refractivity contribution in [1.82, 2.24) is 4.98 Å².